The first-order valence-corrected chi connectivity index (χ1v) is 8.75. The number of imide groups is 2. The lowest BCUT2D eigenvalue weighted by molar-refractivity contribution is -0.136. The van der Waals surface area contributed by atoms with Gasteiger partial charge in [0, 0.05) is 26.1 Å². The van der Waals surface area contributed by atoms with Gasteiger partial charge in [-0.25, -0.2) is 0 Å². The van der Waals surface area contributed by atoms with Crippen LogP contribution in [0.1, 0.15) is 39.1 Å². The highest BCUT2D eigenvalue weighted by Crippen LogP contribution is 2.29. The monoisotopic (exact) mass is 356 g/mol. The number of hydrogen-bond acceptors (Lipinski definition) is 6. The number of carbonyl (C=O) groups is 4. The number of hydrogen-bond donors (Lipinski definition) is 2. The van der Waals surface area contributed by atoms with E-state index in [0.717, 1.165) is 23.6 Å². The Morgan fingerprint density at radius 3 is 2.50 bits per heavy atom. The molecule has 2 saturated heterocycles. The van der Waals surface area contributed by atoms with Crippen LogP contribution in [0.2, 0.25) is 0 Å². The maximum absolute atomic E-state index is 12.8. The molecule has 8 nitrogen and oxygen atoms in total. The van der Waals surface area contributed by atoms with E-state index >= 15 is 0 Å². The van der Waals surface area contributed by atoms with Crippen LogP contribution in [0, 0.1) is 5.92 Å². The van der Waals surface area contributed by atoms with Crippen molar-refractivity contribution < 1.29 is 19.2 Å². The van der Waals surface area contributed by atoms with Crippen LogP contribution >= 0.6 is 0 Å². The van der Waals surface area contributed by atoms with E-state index in [4.69, 9.17) is 5.73 Å². The smallest absolute Gasteiger partial charge is 0.262 e. The molecule has 136 valence electrons. The maximum Gasteiger partial charge on any atom is 0.262 e. The summed E-state index contributed by atoms with van der Waals surface area (Å²) >= 11 is 0. The number of rotatable bonds is 4. The van der Waals surface area contributed by atoms with Crippen LogP contribution in [0.4, 0.5) is 0 Å². The zero-order valence-electron chi connectivity index (χ0n) is 14.2. The standard InChI is InChI=1S/C18H20N4O4/c19-6-11-8-21(9-11)7-10-1-2-12-13(5-10)18(26)22(17(12)25)14-3-4-15(23)20-16(14)24/h1-2,5,11,14H,3-4,6-9,19H2,(H,20,23,24). The molecule has 3 aliphatic rings. The fraction of sp³-hybridized carbons (Fsp3) is 0.444. The summed E-state index contributed by atoms with van der Waals surface area (Å²) < 4.78 is 0. The lowest BCUT2D eigenvalue weighted by Crippen LogP contribution is -2.54. The third kappa shape index (κ3) is 2.71. The molecule has 1 aromatic rings. The molecule has 1 aromatic carbocycles. The number of carbonyl (C=O) groups excluding carboxylic acids is 4. The van der Waals surface area contributed by atoms with E-state index in [1.165, 1.54) is 0 Å². The number of fused-ring (bicyclic) bond motifs is 1. The zero-order valence-corrected chi connectivity index (χ0v) is 14.2. The summed E-state index contributed by atoms with van der Waals surface area (Å²) in [4.78, 5) is 52.0. The minimum absolute atomic E-state index is 0.117. The predicted octanol–water partition coefficient (Wildman–Crippen LogP) is -0.522. The topological polar surface area (TPSA) is 113 Å². The molecule has 0 bridgehead atoms. The second kappa shape index (κ2) is 6.30. The van der Waals surface area contributed by atoms with Gasteiger partial charge in [0.15, 0.2) is 0 Å². The lowest BCUT2D eigenvalue weighted by atomic mass is 9.98. The number of nitrogens with zero attached hydrogens (tertiary/aromatic N) is 2. The fourth-order valence-corrected chi connectivity index (χ4v) is 3.83. The van der Waals surface area contributed by atoms with E-state index in [1.807, 2.05) is 6.07 Å². The van der Waals surface area contributed by atoms with Gasteiger partial charge in [-0.05, 0) is 36.6 Å². The first kappa shape index (κ1) is 16.9. The summed E-state index contributed by atoms with van der Waals surface area (Å²) in [6.45, 7) is 3.24. The van der Waals surface area contributed by atoms with Crippen molar-refractivity contribution in [1.29, 1.82) is 0 Å². The Bertz CT molecular complexity index is 815. The van der Waals surface area contributed by atoms with Gasteiger partial charge in [0.25, 0.3) is 11.8 Å². The molecule has 2 fully saturated rings. The van der Waals surface area contributed by atoms with Crippen molar-refractivity contribution in [2.75, 3.05) is 19.6 Å². The van der Waals surface area contributed by atoms with Gasteiger partial charge in [0.05, 0.1) is 11.1 Å². The van der Waals surface area contributed by atoms with Gasteiger partial charge >= 0.3 is 0 Å². The number of likely N-dealkylation sites (tertiary alicyclic amines) is 1. The van der Waals surface area contributed by atoms with Gasteiger partial charge in [-0.15, -0.1) is 0 Å². The number of nitrogens with one attached hydrogen (secondary N) is 1. The van der Waals surface area contributed by atoms with Gasteiger partial charge in [-0.1, -0.05) is 6.07 Å². The summed E-state index contributed by atoms with van der Waals surface area (Å²) in [6.07, 6.45) is 0.281. The Morgan fingerprint density at radius 1 is 1.08 bits per heavy atom. The highest BCUT2D eigenvalue weighted by molar-refractivity contribution is 6.23. The van der Waals surface area contributed by atoms with Gasteiger partial charge in [0.2, 0.25) is 11.8 Å². The van der Waals surface area contributed by atoms with Crippen molar-refractivity contribution in [3.05, 3.63) is 34.9 Å². The highest BCUT2D eigenvalue weighted by Gasteiger charge is 2.44. The van der Waals surface area contributed by atoms with Gasteiger partial charge in [-0.2, -0.15) is 0 Å². The van der Waals surface area contributed by atoms with Crippen LogP contribution < -0.4 is 11.1 Å². The zero-order chi connectivity index (χ0) is 18.4. The molecule has 26 heavy (non-hydrogen) atoms. The molecule has 8 heteroatoms. The maximum atomic E-state index is 12.8. The van der Waals surface area contributed by atoms with E-state index < -0.39 is 23.8 Å². The van der Waals surface area contributed by atoms with Crippen molar-refractivity contribution in [3.63, 3.8) is 0 Å². The third-order valence-electron chi connectivity index (χ3n) is 5.28. The molecule has 4 amide bonds. The Balaban J connectivity index is 1.53. The molecule has 0 saturated carbocycles. The Hall–Kier alpha value is -2.58. The first-order valence-electron chi connectivity index (χ1n) is 8.75. The SMILES string of the molecule is NCC1CN(Cc2ccc3c(c2)C(=O)N(C2CCC(=O)NC2=O)C3=O)C1. The van der Waals surface area contributed by atoms with Crippen molar-refractivity contribution in [2.45, 2.75) is 25.4 Å². The summed E-state index contributed by atoms with van der Waals surface area (Å²) in [5, 5.41) is 2.20. The van der Waals surface area contributed by atoms with Crippen molar-refractivity contribution in [1.82, 2.24) is 15.1 Å². The minimum atomic E-state index is -0.927. The Kier molecular flexibility index (Phi) is 4.08. The van der Waals surface area contributed by atoms with Gasteiger partial charge in [-0.3, -0.25) is 34.3 Å². The molecule has 3 N–H and O–H groups in total. The molecule has 1 atom stereocenters. The molecular weight excluding hydrogens is 336 g/mol. The summed E-state index contributed by atoms with van der Waals surface area (Å²) in [7, 11) is 0. The van der Waals surface area contributed by atoms with E-state index in [-0.39, 0.29) is 18.7 Å². The minimum Gasteiger partial charge on any atom is -0.330 e. The molecule has 0 aliphatic carbocycles. The molecule has 3 aliphatic heterocycles. The van der Waals surface area contributed by atoms with Crippen LogP contribution in [0.15, 0.2) is 18.2 Å². The summed E-state index contributed by atoms with van der Waals surface area (Å²) in [5.41, 5.74) is 7.22. The number of piperidine rings is 1. The molecule has 4 rings (SSSR count). The van der Waals surface area contributed by atoms with Crippen molar-refractivity contribution in [2.24, 2.45) is 11.7 Å². The van der Waals surface area contributed by atoms with Crippen LogP contribution in [0.5, 0.6) is 0 Å². The van der Waals surface area contributed by atoms with Crippen LogP contribution in [-0.4, -0.2) is 59.1 Å². The quantitative estimate of drug-likeness (QED) is 0.702. The van der Waals surface area contributed by atoms with E-state index in [2.05, 4.69) is 10.2 Å². The fourth-order valence-electron chi connectivity index (χ4n) is 3.83. The van der Waals surface area contributed by atoms with Crippen LogP contribution in [-0.2, 0) is 16.1 Å². The van der Waals surface area contributed by atoms with E-state index in [0.29, 0.717) is 30.1 Å². The largest absolute Gasteiger partial charge is 0.330 e. The van der Waals surface area contributed by atoms with Crippen LogP contribution in [0.25, 0.3) is 0 Å². The number of amides is 4. The van der Waals surface area contributed by atoms with Gasteiger partial charge in [0.1, 0.15) is 6.04 Å². The molecule has 0 spiro atoms. The van der Waals surface area contributed by atoms with E-state index in [9.17, 15) is 19.2 Å². The Morgan fingerprint density at radius 2 is 1.81 bits per heavy atom. The van der Waals surface area contributed by atoms with E-state index in [1.54, 1.807) is 12.1 Å². The first-order chi connectivity index (χ1) is 12.5. The Labute approximate surface area is 150 Å². The van der Waals surface area contributed by atoms with Crippen molar-refractivity contribution >= 4 is 23.6 Å². The lowest BCUT2D eigenvalue weighted by Gasteiger charge is -2.38. The highest BCUT2D eigenvalue weighted by atomic mass is 16.2. The molecule has 0 aromatic heterocycles. The number of nitrogens with two attached hydrogens (primary N) is 1. The van der Waals surface area contributed by atoms with Crippen LogP contribution in [0.3, 0.4) is 0 Å². The van der Waals surface area contributed by atoms with Crippen molar-refractivity contribution in [3.8, 4) is 0 Å². The third-order valence-corrected chi connectivity index (χ3v) is 5.28. The second-order valence-corrected chi connectivity index (χ2v) is 7.12. The summed E-state index contributed by atoms with van der Waals surface area (Å²) in [5.74, 6) is -1.39. The average Bonchev–Trinajstić information content (AvgIpc) is 2.82. The average molecular weight is 356 g/mol. The normalized spacial score (nSPS) is 23.9. The molecule has 0 radical (unpaired) electrons. The molecular formula is C18H20N4O4. The second-order valence-electron chi connectivity index (χ2n) is 7.12. The molecule has 1 unspecified atom stereocenters. The summed E-state index contributed by atoms with van der Waals surface area (Å²) in [6, 6.07) is 4.30. The molecule has 3 heterocycles. The predicted molar refractivity (Wildman–Crippen MR) is 90.9 cm³/mol. The van der Waals surface area contributed by atoms with Gasteiger partial charge < -0.3 is 5.73 Å². The number of benzene rings is 1.